The van der Waals surface area contributed by atoms with Gasteiger partial charge in [-0.3, -0.25) is 0 Å². The number of aromatic hydroxyl groups is 2. The van der Waals surface area contributed by atoms with Gasteiger partial charge in [0.15, 0.2) is 0 Å². The van der Waals surface area contributed by atoms with Crippen LogP contribution in [-0.4, -0.2) is 10.2 Å². The van der Waals surface area contributed by atoms with Gasteiger partial charge < -0.3 is 10.2 Å². The van der Waals surface area contributed by atoms with Crippen molar-refractivity contribution in [1.82, 2.24) is 0 Å². The van der Waals surface area contributed by atoms with Crippen LogP contribution >= 0.6 is 11.8 Å². The quantitative estimate of drug-likeness (QED) is 0.444. The molecule has 2 aliphatic carbocycles. The summed E-state index contributed by atoms with van der Waals surface area (Å²) in [5.74, 6) is 1.71. The number of rotatable bonds is 4. The summed E-state index contributed by atoms with van der Waals surface area (Å²) >= 11 is 1.56. The van der Waals surface area contributed by atoms with Crippen LogP contribution in [0.3, 0.4) is 0 Å². The van der Waals surface area contributed by atoms with Gasteiger partial charge in [0, 0.05) is 0 Å². The Kier molecular flexibility index (Phi) is 7.86. The highest BCUT2D eigenvalue weighted by Gasteiger charge is 2.28. The fraction of sp³-hybridized carbons (Fsp3) is 0.625. The van der Waals surface area contributed by atoms with Gasteiger partial charge in [-0.15, -0.1) is 0 Å². The summed E-state index contributed by atoms with van der Waals surface area (Å²) in [5.41, 5.74) is 4.73. The minimum Gasteiger partial charge on any atom is -0.506 e. The smallest absolute Gasteiger partial charge is 0.132 e. The Balaban J connectivity index is 1.81. The van der Waals surface area contributed by atoms with E-state index in [-0.39, 0.29) is 10.8 Å². The van der Waals surface area contributed by atoms with E-state index in [9.17, 15) is 10.2 Å². The van der Waals surface area contributed by atoms with Crippen molar-refractivity contribution in [2.75, 3.05) is 0 Å². The van der Waals surface area contributed by atoms with Crippen LogP contribution in [0.4, 0.5) is 0 Å². The normalized spacial score (nSPS) is 18.7. The van der Waals surface area contributed by atoms with Crippen molar-refractivity contribution in [1.29, 1.82) is 0 Å². The van der Waals surface area contributed by atoms with Crippen LogP contribution in [-0.2, 0) is 10.8 Å². The van der Waals surface area contributed by atoms with E-state index in [0.29, 0.717) is 23.3 Å². The molecule has 0 atom stereocenters. The molecule has 2 aromatic rings. The molecule has 0 amide bonds. The van der Waals surface area contributed by atoms with Gasteiger partial charge in [0.25, 0.3) is 0 Å². The fourth-order valence-corrected chi connectivity index (χ4v) is 6.89. The summed E-state index contributed by atoms with van der Waals surface area (Å²) in [7, 11) is 0. The number of phenolic OH excluding ortho intramolecular Hbond substituents is 2. The number of benzene rings is 2. The second kappa shape index (κ2) is 10.4. The zero-order valence-corrected chi connectivity index (χ0v) is 23.7. The highest BCUT2D eigenvalue weighted by Crippen LogP contribution is 2.50. The molecular formula is C32H46O2S. The van der Waals surface area contributed by atoms with Crippen molar-refractivity contribution in [3.8, 4) is 11.5 Å². The minimum atomic E-state index is -0.00497. The molecular weight excluding hydrogens is 448 g/mol. The molecule has 3 heteroatoms. The average Bonchev–Trinajstić information content (AvgIpc) is 2.81. The number of hydrogen-bond donors (Lipinski definition) is 2. The predicted octanol–water partition coefficient (Wildman–Crippen LogP) is 9.94. The molecule has 0 aliphatic heterocycles. The molecule has 4 rings (SSSR count). The van der Waals surface area contributed by atoms with E-state index in [4.69, 9.17) is 0 Å². The Morgan fingerprint density at radius 2 is 0.914 bits per heavy atom. The molecule has 2 aliphatic rings. The number of hydrogen-bond acceptors (Lipinski definition) is 3. The third-order valence-corrected chi connectivity index (χ3v) is 9.31. The molecule has 2 saturated carbocycles. The second-order valence-electron chi connectivity index (χ2n) is 13.1. The summed E-state index contributed by atoms with van der Waals surface area (Å²) < 4.78 is 0. The zero-order chi connectivity index (χ0) is 25.4. The van der Waals surface area contributed by atoms with Crippen molar-refractivity contribution in [3.63, 3.8) is 0 Å². The van der Waals surface area contributed by atoms with Crippen LogP contribution < -0.4 is 0 Å². The standard InChI is InChI=1S/C32H46O2S/c1-31(2,3)23-17-25(21-13-9-7-10-14-21)29(33)27(19-23)35-28-20-24(32(4,5)6)18-26(30(28)34)22-15-11-8-12-16-22/h17-22,33-34H,7-16H2,1-6H3. The molecule has 0 radical (unpaired) electrons. The lowest BCUT2D eigenvalue weighted by atomic mass is 9.80. The third-order valence-electron chi connectivity index (χ3n) is 8.25. The van der Waals surface area contributed by atoms with Crippen LogP contribution in [0.1, 0.15) is 140 Å². The van der Waals surface area contributed by atoms with Crippen molar-refractivity contribution in [3.05, 3.63) is 46.5 Å². The van der Waals surface area contributed by atoms with Gasteiger partial charge in [-0.25, -0.2) is 0 Å². The molecule has 2 N–H and O–H groups in total. The molecule has 0 unspecified atom stereocenters. The van der Waals surface area contributed by atoms with Gasteiger partial charge in [-0.1, -0.05) is 104 Å². The Hall–Kier alpha value is -1.61. The Morgan fingerprint density at radius 3 is 1.23 bits per heavy atom. The van der Waals surface area contributed by atoms with Gasteiger partial charge in [-0.05, 0) is 82.7 Å². The molecule has 35 heavy (non-hydrogen) atoms. The first-order chi connectivity index (χ1) is 16.4. The molecule has 0 aromatic heterocycles. The van der Waals surface area contributed by atoms with E-state index >= 15 is 0 Å². The van der Waals surface area contributed by atoms with E-state index in [1.165, 1.54) is 49.7 Å². The van der Waals surface area contributed by atoms with Crippen molar-refractivity contribution in [2.45, 2.75) is 138 Å². The zero-order valence-electron chi connectivity index (χ0n) is 22.8. The average molecular weight is 495 g/mol. The van der Waals surface area contributed by atoms with Crippen molar-refractivity contribution < 1.29 is 10.2 Å². The molecule has 0 heterocycles. The van der Waals surface area contributed by atoms with E-state index in [1.54, 1.807) is 11.8 Å². The molecule has 2 nitrogen and oxygen atoms in total. The maximum absolute atomic E-state index is 11.5. The lowest BCUT2D eigenvalue weighted by Crippen LogP contribution is -2.14. The maximum atomic E-state index is 11.5. The summed E-state index contributed by atoms with van der Waals surface area (Å²) in [6.07, 6.45) is 12.2. The highest BCUT2D eigenvalue weighted by molar-refractivity contribution is 7.99. The third kappa shape index (κ3) is 6.04. The summed E-state index contributed by atoms with van der Waals surface area (Å²) in [4.78, 5) is 1.77. The van der Waals surface area contributed by atoms with Crippen LogP contribution in [0.5, 0.6) is 11.5 Å². The highest BCUT2D eigenvalue weighted by atomic mass is 32.2. The SMILES string of the molecule is CC(C)(C)c1cc(Sc2cc(C(C)(C)C)cc(C3CCCCC3)c2O)c(O)c(C2CCCCC2)c1. The summed E-state index contributed by atoms with van der Waals surface area (Å²) in [6, 6.07) is 8.84. The van der Waals surface area contributed by atoms with Gasteiger partial charge in [-0.2, -0.15) is 0 Å². The Morgan fingerprint density at radius 1 is 0.571 bits per heavy atom. The van der Waals surface area contributed by atoms with Crippen molar-refractivity contribution >= 4 is 11.8 Å². The molecule has 0 spiro atoms. The topological polar surface area (TPSA) is 40.5 Å². The van der Waals surface area contributed by atoms with Gasteiger partial charge in [0.1, 0.15) is 11.5 Å². The number of phenols is 2. The van der Waals surface area contributed by atoms with Crippen LogP contribution in [0, 0.1) is 0 Å². The first kappa shape index (κ1) is 26.5. The summed E-state index contributed by atoms with van der Waals surface area (Å²) in [5, 5.41) is 23.1. The first-order valence-electron chi connectivity index (χ1n) is 13.9. The first-order valence-corrected chi connectivity index (χ1v) is 14.7. The Labute approximate surface area is 217 Å². The van der Waals surface area contributed by atoms with E-state index < -0.39 is 0 Å². The van der Waals surface area contributed by atoms with Gasteiger partial charge in [0.05, 0.1) is 9.79 Å². The molecule has 0 bridgehead atoms. The van der Waals surface area contributed by atoms with Gasteiger partial charge >= 0.3 is 0 Å². The second-order valence-corrected chi connectivity index (χ2v) is 14.2. The fourth-order valence-electron chi connectivity index (χ4n) is 5.85. The monoisotopic (exact) mass is 494 g/mol. The molecule has 2 aromatic carbocycles. The van der Waals surface area contributed by atoms with Crippen LogP contribution in [0.2, 0.25) is 0 Å². The van der Waals surface area contributed by atoms with Gasteiger partial charge in [0.2, 0.25) is 0 Å². The Bertz CT molecular complexity index is 945. The molecule has 0 saturated heterocycles. The van der Waals surface area contributed by atoms with E-state index in [2.05, 4.69) is 65.8 Å². The van der Waals surface area contributed by atoms with Crippen LogP contribution in [0.25, 0.3) is 0 Å². The van der Waals surface area contributed by atoms with Crippen LogP contribution in [0.15, 0.2) is 34.1 Å². The van der Waals surface area contributed by atoms with E-state index in [0.717, 1.165) is 46.6 Å². The predicted molar refractivity (Wildman–Crippen MR) is 149 cm³/mol. The summed E-state index contributed by atoms with van der Waals surface area (Å²) in [6.45, 7) is 13.5. The maximum Gasteiger partial charge on any atom is 0.132 e. The van der Waals surface area contributed by atoms with E-state index in [1.807, 2.05) is 0 Å². The van der Waals surface area contributed by atoms with Crippen molar-refractivity contribution in [2.24, 2.45) is 0 Å². The minimum absolute atomic E-state index is 0.00497. The lowest BCUT2D eigenvalue weighted by Gasteiger charge is -2.29. The molecule has 2 fully saturated rings. The lowest BCUT2D eigenvalue weighted by molar-refractivity contribution is 0.405. The molecule has 192 valence electrons. The largest absolute Gasteiger partial charge is 0.506 e.